The Morgan fingerprint density at radius 1 is 1.26 bits per heavy atom. The molecule has 0 bridgehead atoms. The zero-order valence-corrected chi connectivity index (χ0v) is 10.6. The lowest BCUT2D eigenvalue weighted by Gasteiger charge is -2.26. The van der Waals surface area contributed by atoms with E-state index in [1.165, 1.54) is 0 Å². The van der Waals surface area contributed by atoms with E-state index in [1.54, 1.807) is 12.2 Å². The maximum absolute atomic E-state index is 12.0. The summed E-state index contributed by atoms with van der Waals surface area (Å²) < 4.78 is 5.64. The number of furan rings is 1. The first-order valence-electron chi connectivity index (χ1n) is 6.49. The van der Waals surface area contributed by atoms with Crippen LogP contribution < -0.4 is 5.32 Å². The molecule has 0 unspecified atom stereocenters. The van der Waals surface area contributed by atoms with E-state index < -0.39 is 0 Å². The minimum Gasteiger partial charge on any atom is -0.457 e. The molecule has 1 aliphatic rings. The van der Waals surface area contributed by atoms with Gasteiger partial charge in [0.05, 0.1) is 0 Å². The van der Waals surface area contributed by atoms with E-state index in [-0.39, 0.29) is 5.91 Å². The SMILES string of the molecule is O=C(C=Cc1cc2ccccc2o1)N1CCNCC1. The number of para-hydroxylation sites is 1. The summed E-state index contributed by atoms with van der Waals surface area (Å²) in [6.45, 7) is 3.26. The fourth-order valence-electron chi connectivity index (χ4n) is 2.23. The van der Waals surface area contributed by atoms with Crippen LogP contribution in [0, 0.1) is 0 Å². The number of fused-ring (bicyclic) bond motifs is 1. The van der Waals surface area contributed by atoms with Crippen molar-refractivity contribution in [1.29, 1.82) is 0 Å². The first kappa shape index (κ1) is 12.0. The molecular formula is C15H16N2O2. The predicted molar refractivity (Wildman–Crippen MR) is 74.7 cm³/mol. The van der Waals surface area contributed by atoms with Crippen LogP contribution in [-0.4, -0.2) is 37.0 Å². The van der Waals surface area contributed by atoms with E-state index in [0.717, 1.165) is 37.1 Å². The van der Waals surface area contributed by atoms with Crippen molar-refractivity contribution >= 4 is 23.0 Å². The number of piperazine rings is 1. The Bertz CT molecular complexity index is 576. The summed E-state index contributed by atoms with van der Waals surface area (Å²) in [5, 5.41) is 4.28. The summed E-state index contributed by atoms with van der Waals surface area (Å²) >= 11 is 0. The summed E-state index contributed by atoms with van der Waals surface area (Å²) in [7, 11) is 0. The number of hydrogen-bond donors (Lipinski definition) is 1. The van der Waals surface area contributed by atoms with Gasteiger partial charge in [-0.15, -0.1) is 0 Å². The lowest BCUT2D eigenvalue weighted by Crippen LogP contribution is -2.45. The topological polar surface area (TPSA) is 45.5 Å². The molecule has 2 aromatic rings. The first-order chi connectivity index (χ1) is 9.33. The lowest BCUT2D eigenvalue weighted by molar-refractivity contribution is -0.126. The third-order valence-electron chi connectivity index (χ3n) is 3.26. The van der Waals surface area contributed by atoms with Crippen LogP contribution in [0.25, 0.3) is 17.0 Å². The molecule has 1 saturated heterocycles. The highest BCUT2D eigenvalue weighted by molar-refractivity contribution is 5.92. The summed E-state index contributed by atoms with van der Waals surface area (Å²) in [6.07, 6.45) is 3.33. The van der Waals surface area contributed by atoms with Gasteiger partial charge in [-0.25, -0.2) is 0 Å². The predicted octanol–water partition coefficient (Wildman–Crippen LogP) is 1.88. The molecule has 4 nitrogen and oxygen atoms in total. The van der Waals surface area contributed by atoms with Crippen molar-refractivity contribution in [2.24, 2.45) is 0 Å². The molecular weight excluding hydrogens is 240 g/mol. The number of nitrogens with one attached hydrogen (secondary N) is 1. The fraction of sp³-hybridized carbons (Fsp3) is 0.267. The Hall–Kier alpha value is -2.07. The van der Waals surface area contributed by atoms with E-state index in [9.17, 15) is 4.79 Å². The van der Waals surface area contributed by atoms with Crippen molar-refractivity contribution in [1.82, 2.24) is 10.2 Å². The van der Waals surface area contributed by atoms with Crippen LogP contribution in [-0.2, 0) is 4.79 Å². The van der Waals surface area contributed by atoms with Crippen LogP contribution in [0.5, 0.6) is 0 Å². The molecule has 0 radical (unpaired) electrons. The zero-order valence-electron chi connectivity index (χ0n) is 10.6. The molecule has 0 saturated carbocycles. The number of carbonyl (C=O) groups is 1. The van der Waals surface area contributed by atoms with Crippen molar-refractivity contribution < 1.29 is 9.21 Å². The second kappa shape index (κ2) is 5.28. The lowest BCUT2D eigenvalue weighted by atomic mass is 10.2. The molecule has 1 aromatic carbocycles. The van der Waals surface area contributed by atoms with Crippen LogP contribution in [0.3, 0.4) is 0 Å². The van der Waals surface area contributed by atoms with Gasteiger partial charge in [-0.2, -0.15) is 0 Å². The largest absolute Gasteiger partial charge is 0.457 e. The smallest absolute Gasteiger partial charge is 0.246 e. The standard InChI is InChI=1S/C15H16N2O2/c18-15(17-9-7-16-8-10-17)6-5-13-11-12-3-1-2-4-14(12)19-13/h1-6,11,16H,7-10H2. The van der Waals surface area contributed by atoms with Gasteiger partial charge in [0, 0.05) is 37.6 Å². The quantitative estimate of drug-likeness (QED) is 0.834. The van der Waals surface area contributed by atoms with Gasteiger partial charge in [-0.05, 0) is 18.2 Å². The van der Waals surface area contributed by atoms with Crippen molar-refractivity contribution in [3.8, 4) is 0 Å². The van der Waals surface area contributed by atoms with E-state index >= 15 is 0 Å². The van der Waals surface area contributed by atoms with Crippen LogP contribution in [0.2, 0.25) is 0 Å². The van der Waals surface area contributed by atoms with Crippen LogP contribution in [0.15, 0.2) is 40.8 Å². The maximum Gasteiger partial charge on any atom is 0.246 e. The average Bonchev–Trinajstić information content (AvgIpc) is 2.88. The number of hydrogen-bond acceptors (Lipinski definition) is 3. The van der Waals surface area contributed by atoms with Gasteiger partial charge in [0.15, 0.2) is 0 Å². The monoisotopic (exact) mass is 256 g/mol. The normalized spacial score (nSPS) is 16.3. The molecule has 1 amide bonds. The Balaban J connectivity index is 1.72. The molecule has 1 fully saturated rings. The number of benzene rings is 1. The van der Waals surface area contributed by atoms with Crippen LogP contribution in [0.4, 0.5) is 0 Å². The van der Waals surface area contributed by atoms with Gasteiger partial charge in [-0.3, -0.25) is 4.79 Å². The Labute approximate surface area is 111 Å². The third-order valence-corrected chi connectivity index (χ3v) is 3.26. The maximum atomic E-state index is 12.0. The number of rotatable bonds is 2. The van der Waals surface area contributed by atoms with E-state index in [2.05, 4.69) is 5.32 Å². The second-order valence-corrected chi connectivity index (χ2v) is 4.60. The first-order valence-corrected chi connectivity index (χ1v) is 6.49. The van der Waals surface area contributed by atoms with E-state index in [4.69, 9.17) is 4.42 Å². The Morgan fingerprint density at radius 2 is 2.05 bits per heavy atom. The van der Waals surface area contributed by atoms with Crippen molar-refractivity contribution in [3.05, 3.63) is 42.2 Å². The summed E-state index contributed by atoms with van der Waals surface area (Å²) in [5.74, 6) is 0.756. The molecule has 2 heterocycles. The minimum absolute atomic E-state index is 0.0435. The number of amides is 1. The molecule has 4 heteroatoms. The molecule has 98 valence electrons. The second-order valence-electron chi connectivity index (χ2n) is 4.60. The highest BCUT2D eigenvalue weighted by Crippen LogP contribution is 2.19. The number of nitrogens with zero attached hydrogens (tertiary/aromatic N) is 1. The van der Waals surface area contributed by atoms with Gasteiger partial charge in [-0.1, -0.05) is 18.2 Å². The third kappa shape index (κ3) is 2.69. The average molecular weight is 256 g/mol. The Morgan fingerprint density at radius 3 is 2.84 bits per heavy atom. The molecule has 3 rings (SSSR count). The van der Waals surface area contributed by atoms with Gasteiger partial charge >= 0.3 is 0 Å². The van der Waals surface area contributed by atoms with Crippen molar-refractivity contribution in [3.63, 3.8) is 0 Å². The van der Waals surface area contributed by atoms with Crippen LogP contribution in [0.1, 0.15) is 5.76 Å². The molecule has 1 aliphatic heterocycles. The number of carbonyl (C=O) groups excluding carboxylic acids is 1. The molecule has 1 N–H and O–H groups in total. The molecule has 19 heavy (non-hydrogen) atoms. The molecule has 1 aromatic heterocycles. The zero-order chi connectivity index (χ0) is 13.1. The molecule has 0 atom stereocenters. The highest BCUT2D eigenvalue weighted by Gasteiger charge is 2.13. The van der Waals surface area contributed by atoms with Gasteiger partial charge in [0.1, 0.15) is 11.3 Å². The van der Waals surface area contributed by atoms with Gasteiger partial charge in [0.2, 0.25) is 5.91 Å². The minimum atomic E-state index is 0.0435. The van der Waals surface area contributed by atoms with E-state index in [1.807, 2.05) is 35.2 Å². The highest BCUT2D eigenvalue weighted by atomic mass is 16.3. The summed E-state index contributed by atoms with van der Waals surface area (Å²) in [5.41, 5.74) is 0.844. The van der Waals surface area contributed by atoms with E-state index in [0.29, 0.717) is 5.76 Å². The molecule has 0 aliphatic carbocycles. The summed E-state index contributed by atoms with van der Waals surface area (Å²) in [4.78, 5) is 13.8. The molecule has 0 spiro atoms. The fourth-order valence-corrected chi connectivity index (χ4v) is 2.23. The summed E-state index contributed by atoms with van der Waals surface area (Å²) in [6, 6.07) is 9.76. The van der Waals surface area contributed by atoms with Gasteiger partial charge in [0.25, 0.3) is 0 Å². The van der Waals surface area contributed by atoms with Crippen molar-refractivity contribution in [2.75, 3.05) is 26.2 Å². The van der Waals surface area contributed by atoms with Crippen LogP contribution >= 0.6 is 0 Å². The Kier molecular flexibility index (Phi) is 3.33. The van der Waals surface area contributed by atoms with Crippen molar-refractivity contribution in [2.45, 2.75) is 0 Å². The van der Waals surface area contributed by atoms with Gasteiger partial charge < -0.3 is 14.6 Å².